The molecular weight excluding hydrogens is 666 g/mol. The molecule has 1 aromatic carbocycles. The predicted molar refractivity (Wildman–Crippen MR) is 181 cm³/mol. The number of rotatable bonds is 7. The maximum atomic E-state index is 14.1. The molecule has 2 aliphatic carbocycles. The first kappa shape index (κ1) is 35.6. The van der Waals surface area contributed by atoms with Gasteiger partial charge in [0.15, 0.2) is 0 Å². The molecule has 0 spiro atoms. The highest BCUT2D eigenvalue weighted by Gasteiger charge is 2.62. The van der Waals surface area contributed by atoms with Gasteiger partial charge >= 0.3 is 12.1 Å². The molecule has 4 amide bonds. The second kappa shape index (κ2) is 14.2. The van der Waals surface area contributed by atoms with E-state index in [4.69, 9.17) is 9.47 Å². The molecule has 4 heterocycles. The predicted octanol–water partition coefficient (Wildman–Crippen LogP) is 1.44. The van der Waals surface area contributed by atoms with Gasteiger partial charge in [0.05, 0.1) is 18.4 Å². The number of ether oxygens (including phenoxy) is 2. The van der Waals surface area contributed by atoms with Crippen LogP contribution in [-0.4, -0.2) is 91.3 Å². The minimum Gasteiger partial charge on any atom is -0.459 e. The zero-order chi connectivity index (χ0) is 35.8. The maximum absolute atomic E-state index is 14.1. The number of alkyl carbamates (subject to hydrolysis) is 1. The number of amides is 4. The van der Waals surface area contributed by atoms with E-state index in [0.29, 0.717) is 38.6 Å². The van der Waals surface area contributed by atoms with Crippen molar-refractivity contribution in [3.8, 4) is 0 Å². The maximum Gasteiger partial charge on any atom is 0.407 e. The molecule has 6 aliphatic rings. The summed E-state index contributed by atoms with van der Waals surface area (Å²) >= 11 is 0. The highest BCUT2D eigenvalue weighted by molar-refractivity contribution is 7.91. The average Bonchev–Trinajstić information content (AvgIpc) is 4.01. The summed E-state index contributed by atoms with van der Waals surface area (Å²) in [5, 5.41) is 7.99. The Hall–Kier alpha value is -4.24. The molecule has 1 saturated heterocycles. The Bertz CT molecular complexity index is 1710. The smallest absolute Gasteiger partial charge is 0.407 e. The molecule has 1 unspecified atom stereocenters. The molecule has 0 aromatic heterocycles. The van der Waals surface area contributed by atoms with E-state index in [1.54, 1.807) is 13.8 Å². The highest BCUT2D eigenvalue weighted by Crippen LogP contribution is 2.45. The Labute approximate surface area is 291 Å². The van der Waals surface area contributed by atoms with Crippen molar-refractivity contribution >= 4 is 45.9 Å². The lowest BCUT2D eigenvalue weighted by molar-refractivity contribution is -0.152. The van der Waals surface area contributed by atoms with Crippen molar-refractivity contribution < 1.29 is 41.9 Å². The number of fused-ring (bicyclic) bond motifs is 10. The van der Waals surface area contributed by atoms with Crippen molar-refractivity contribution in [1.29, 1.82) is 0 Å². The number of allylic oxidation sites excluding steroid dienone is 1. The largest absolute Gasteiger partial charge is 0.459 e. The van der Waals surface area contributed by atoms with E-state index in [0.717, 1.165) is 16.7 Å². The number of benzene rings is 1. The van der Waals surface area contributed by atoms with E-state index in [1.807, 2.05) is 30.4 Å². The van der Waals surface area contributed by atoms with Crippen LogP contribution in [0.3, 0.4) is 0 Å². The topological polar surface area (TPSA) is 189 Å². The first-order valence-corrected chi connectivity index (χ1v) is 18.8. The summed E-state index contributed by atoms with van der Waals surface area (Å²) in [6.07, 6.45) is 6.40. The first-order valence-electron chi connectivity index (χ1n) is 17.3. The summed E-state index contributed by atoms with van der Waals surface area (Å²) in [5.41, 5.74) is 1.55. The fraction of sp³-hybridized carbons (Fsp3) is 0.571. The fourth-order valence-electron chi connectivity index (χ4n) is 6.98. The number of nitrogens with zero attached hydrogens (tertiary/aromatic N) is 1. The van der Waals surface area contributed by atoms with Gasteiger partial charge in [0, 0.05) is 18.9 Å². The zero-order valence-corrected chi connectivity index (χ0v) is 29.1. The van der Waals surface area contributed by atoms with Crippen LogP contribution in [0, 0.1) is 11.8 Å². The van der Waals surface area contributed by atoms with Gasteiger partial charge in [0.25, 0.3) is 5.91 Å². The number of nitrogens with one attached hydrogen (secondary N) is 4. The van der Waals surface area contributed by atoms with E-state index >= 15 is 0 Å². The molecule has 14 nitrogen and oxygen atoms in total. The number of hydrogen-bond acceptors (Lipinski definition) is 10. The summed E-state index contributed by atoms with van der Waals surface area (Å²) in [4.78, 5) is 69.1. The van der Waals surface area contributed by atoms with Crippen LogP contribution in [0.15, 0.2) is 36.9 Å². The lowest BCUT2D eigenvalue weighted by Crippen LogP contribution is -2.59. The van der Waals surface area contributed by atoms with E-state index in [2.05, 4.69) is 27.3 Å². The zero-order valence-electron chi connectivity index (χ0n) is 28.3. The SMILES string of the molecule is C=C[C@@H]1C[C@]1(NC(=O)[C@@H]1C[C@@H]2CN1C(=O)[C@H](C(C)C)NC(=O)OCCCC=Cc1cccc3c1CNC(C3)C(=O)O2)C(=O)NS(=O)(=O)C1CC1. The van der Waals surface area contributed by atoms with Gasteiger partial charge in [-0.15, -0.1) is 6.58 Å². The van der Waals surface area contributed by atoms with Crippen LogP contribution < -0.4 is 20.7 Å². The molecular formula is C35H45N5O9S. The van der Waals surface area contributed by atoms with Crippen LogP contribution in [0.5, 0.6) is 0 Å². The van der Waals surface area contributed by atoms with Crippen molar-refractivity contribution in [3.05, 3.63) is 53.6 Å². The van der Waals surface area contributed by atoms with Gasteiger partial charge in [0.2, 0.25) is 21.8 Å². The Morgan fingerprint density at radius 2 is 1.96 bits per heavy atom. The van der Waals surface area contributed by atoms with Gasteiger partial charge in [-0.3, -0.25) is 29.2 Å². The third-order valence-electron chi connectivity index (χ3n) is 10.2. The number of hydrogen-bond donors (Lipinski definition) is 4. The lowest BCUT2D eigenvalue weighted by Gasteiger charge is -2.31. The van der Waals surface area contributed by atoms with Gasteiger partial charge < -0.3 is 25.0 Å². The Balaban J connectivity index is 1.26. The van der Waals surface area contributed by atoms with Gasteiger partial charge in [-0.1, -0.05) is 50.3 Å². The fourth-order valence-corrected chi connectivity index (χ4v) is 8.34. The molecule has 6 bridgehead atoms. The van der Waals surface area contributed by atoms with Crippen LogP contribution in [0.4, 0.5) is 4.79 Å². The highest BCUT2D eigenvalue weighted by atomic mass is 32.2. The molecule has 4 aliphatic heterocycles. The van der Waals surface area contributed by atoms with Gasteiger partial charge in [-0.25, -0.2) is 13.2 Å². The van der Waals surface area contributed by atoms with E-state index in [-0.39, 0.29) is 26.0 Å². The molecule has 0 radical (unpaired) electrons. The molecule has 6 atom stereocenters. The Kier molecular flexibility index (Phi) is 10.1. The molecule has 270 valence electrons. The summed E-state index contributed by atoms with van der Waals surface area (Å²) < 4.78 is 38.7. The minimum absolute atomic E-state index is 0.0757. The van der Waals surface area contributed by atoms with Crippen LogP contribution in [-0.2, 0) is 51.6 Å². The van der Waals surface area contributed by atoms with Crippen LogP contribution >= 0.6 is 0 Å². The number of esters is 1. The van der Waals surface area contributed by atoms with Gasteiger partial charge in [-0.05, 0) is 61.1 Å². The number of sulfonamides is 1. The molecule has 50 heavy (non-hydrogen) atoms. The molecule has 2 saturated carbocycles. The van der Waals surface area contributed by atoms with Crippen LogP contribution in [0.2, 0.25) is 0 Å². The first-order chi connectivity index (χ1) is 23.8. The quantitative estimate of drug-likeness (QED) is 0.238. The number of carbonyl (C=O) groups excluding carboxylic acids is 5. The molecule has 3 fully saturated rings. The second-order valence-corrected chi connectivity index (χ2v) is 16.1. The van der Waals surface area contributed by atoms with Crippen LogP contribution in [0.25, 0.3) is 6.08 Å². The van der Waals surface area contributed by atoms with Crippen molar-refractivity contribution in [2.75, 3.05) is 13.2 Å². The number of carbonyl (C=O) groups is 5. The van der Waals surface area contributed by atoms with Crippen molar-refractivity contribution in [2.24, 2.45) is 11.8 Å². The Morgan fingerprint density at radius 3 is 2.66 bits per heavy atom. The summed E-state index contributed by atoms with van der Waals surface area (Å²) in [6.45, 7) is 7.65. The lowest BCUT2D eigenvalue weighted by atomic mass is 9.92. The van der Waals surface area contributed by atoms with Crippen molar-refractivity contribution in [2.45, 2.75) is 100 Å². The summed E-state index contributed by atoms with van der Waals surface area (Å²) in [6, 6.07) is 2.99. The Morgan fingerprint density at radius 1 is 1.18 bits per heavy atom. The molecule has 4 N–H and O–H groups in total. The minimum atomic E-state index is -3.90. The average molecular weight is 712 g/mol. The van der Waals surface area contributed by atoms with Crippen LogP contribution in [0.1, 0.15) is 69.1 Å². The third kappa shape index (κ3) is 7.43. The van der Waals surface area contributed by atoms with Gasteiger partial charge in [0.1, 0.15) is 29.8 Å². The monoisotopic (exact) mass is 711 g/mol. The molecule has 7 rings (SSSR count). The normalized spacial score (nSPS) is 30.2. The van der Waals surface area contributed by atoms with Crippen molar-refractivity contribution in [1.82, 2.24) is 25.6 Å². The summed E-state index contributed by atoms with van der Waals surface area (Å²) in [5.74, 6) is -3.64. The molecule has 15 heteroatoms. The standard InChI is InChI=1S/C35H45N5O9S/c1-4-23-17-35(23,33(44)39-50(46,47)25-12-13-25)38-30(41)28-16-24-19-40(28)31(42)29(20(2)3)37-34(45)48-14-7-5-6-9-21-10-8-11-22-15-27(32(43)49-24)36-18-26(21)22/h4,6,8-11,20,23-25,27-29,36H,1,5,7,12-19H2,2-3H3,(H,37,45)(H,38,41)(H,39,44)/t23-,24-,27?,28+,29+,35-/m1/s1. The van der Waals surface area contributed by atoms with E-state index in [9.17, 15) is 32.4 Å². The second-order valence-electron chi connectivity index (χ2n) is 14.2. The third-order valence-corrected chi connectivity index (χ3v) is 12.0. The summed E-state index contributed by atoms with van der Waals surface area (Å²) in [7, 11) is -3.90. The van der Waals surface area contributed by atoms with E-state index < -0.39 is 86.7 Å². The molecule has 1 aromatic rings. The van der Waals surface area contributed by atoms with E-state index in [1.165, 1.54) is 11.0 Å². The van der Waals surface area contributed by atoms with Gasteiger partial charge in [-0.2, -0.15) is 0 Å². The van der Waals surface area contributed by atoms with Crippen molar-refractivity contribution in [3.63, 3.8) is 0 Å².